The zero-order valence-corrected chi connectivity index (χ0v) is 8.79. The Bertz CT molecular complexity index is 204. The number of oxime groups is 1. The smallest absolute Gasteiger partial charge is 0.156 e. The molecule has 0 aliphatic carbocycles. The first-order valence-corrected chi connectivity index (χ1v) is 4.50. The molecule has 5 nitrogen and oxygen atoms in total. The van der Waals surface area contributed by atoms with E-state index in [9.17, 15) is 0 Å². The van der Waals surface area contributed by atoms with E-state index in [1.54, 1.807) is 0 Å². The van der Waals surface area contributed by atoms with Gasteiger partial charge in [0.2, 0.25) is 0 Å². The lowest BCUT2D eigenvalue weighted by molar-refractivity contribution is 0.157. The van der Waals surface area contributed by atoms with Crippen LogP contribution in [0.2, 0.25) is 0 Å². The fourth-order valence-electron chi connectivity index (χ4n) is 0.785. The number of rotatable bonds is 7. The lowest BCUT2D eigenvalue weighted by Gasteiger charge is -2.11. The zero-order valence-electron chi connectivity index (χ0n) is 8.79. The van der Waals surface area contributed by atoms with Crippen molar-refractivity contribution >= 4 is 5.84 Å². The second-order valence-corrected chi connectivity index (χ2v) is 3.21. The van der Waals surface area contributed by atoms with E-state index in [0.717, 1.165) is 5.57 Å². The predicted octanol–water partition coefficient (Wildman–Crippen LogP) is 0.304. The lowest BCUT2D eigenvalue weighted by atomic mass is 10.3. The van der Waals surface area contributed by atoms with Gasteiger partial charge in [-0.1, -0.05) is 17.3 Å². The number of nitrogens with one attached hydrogen (secondary N) is 1. The third-order valence-corrected chi connectivity index (χ3v) is 1.60. The van der Waals surface area contributed by atoms with Crippen molar-refractivity contribution in [2.24, 2.45) is 10.9 Å². The van der Waals surface area contributed by atoms with E-state index in [0.29, 0.717) is 19.8 Å². The minimum atomic E-state index is -0.145. The highest BCUT2D eigenvalue weighted by Crippen LogP contribution is 1.87. The highest BCUT2D eigenvalue weighted by Gasteiger charge is 2.04. The van der Waals surface area contributed by atoms with Crippen LogP contribution in [0.15, 0.2) is 17.3 Å². The van der Waals surface area contributed by atoms with Crippen molar-refractivity contribution in [3.8, 4) is 0 Å². The molecule has 0 rings (SSSR count). The monoisotopic (exact) mass is 201 g/mol. The molecule has 82 valence electrons. The highest BCUT2D eigenvalue weighted by atomic mass is 16.5. The van der Waals surface area contributed by atoms with Crippen molar-refractivity contribution in [1.29, 1.82) is 0 Å². The molecule has 1 unspecified atom stereocenters. The van der Waals surface area contributed by atoms with Crippen molar-refractivity contribution in [1.82, 2.24) is 5.32 Å². The normalized spacial score (nSPS) is 14.0. The van der Waals surface area contributed by atoms with Gasteiger partial charge in [0.1, 0.15) is 0 Å². The fourth-order valence-corrected chi connectivity index (χ4v) is 0.785. The summed E-state index contributed by atoms with van der Waals surface area (Å²) >= 11 is 0. The molecule has 0 fully saturated rings. The van der Waals surface area contributed by atoms with Gasteiger partial charge in [-0.25, -0.2) is 0 Å². The molecule has 0 saturated heterocycles. The SMILES string of the molecule is C=C(C)COCCNC(C)C(N)=NO. The van der Waals surface area contributed by atoms with Gasteiger partial charge in [0.05, 0.1) is 19.3 Å². The Morgan fingerprint density at radius 3 is 2.86 bits per heavy atom. The molecule has 1 atom stereocenters. The quantitative estimate of drug-likeness (QED) is 0.138. The lowest BCUT2D eigenvalue weighted by Crippen LogP contribution is -2.40. The maximum Gasteiger partial charge on any atom is 0.156 e. The highest BCUT2D eigenvalue weighted by molar-refractivity contribution is 5.84. The largest absolute Gasteiger partial charge is 0.409 e. The molecule has 0 spiro atoms. The maximum absolute atomic E-state index is 8.36. The van der Waals surface area contributed by atoms with Crippen LogP contribution in [0.4, 0.5) is 0 Å². The summed E-state index contributed by atoms with van der Waals surface area (Å²) in [6, 6.07) is -0.145. The molecule has 0 aliphatic heterocycles. The molecule has 0 bridgehead atoms. The van der Waals surface area contributed by atoms with E-state index in [-0.39, 0.29) is 11.9 Å². The van der Waals surface area contributed by atoms with E-state index in [2.05, 4.69) is 17.1 Å². The van der Waals surface area contributed by atoms with Gasteiger partial charge in [-0.2, -0.15) is 0 Å². The van der Waals surface area contributed by atoms with Gasteiger partial charge in [0, 0.05) is 6.54 Å². The molecular formula is C9H19N3O2. The van der Waals surface area contributed by atoms with Crippen LogP contribution in [0.5, 0.6) is 0 Å². The molecule has 0 aromatic rings. The third-order valence-electron chi connectivity index (χ3n) is 1.60. The fraction of sp³-hybridized carbons (Fsp3) is 0.667. The Balaban J connectivity index is 3.41. The molecule has 14 heavy (non-hydrogen) atoms. The van der Waals surface area contributed by atoms with Crippen molar-refractivity contribution < 1.29 is 9.94 Å². The van der Waals surface area contributed by atoms with Gasteiger partial charge in [-0.3, -0.25) is 0 Å². The summed E-state index contributed by atoms with van der Waals surface area (Å²) in [5.41, 5.74) is 6.36. The molecule has 0 amide bonds. The molecule has 0 aromatic carbocycles. The van der Waals surface area contributed by atoms with E-state index >= 15 is 0 Å². The first kappa shape index (κ1) is 12.9. The topological polar surface area (TPSA) is 79.9 Å². The first-order valence-electron chi connectivity index (χ1n) is 4.50. The number of amidine groups is 1. The van der Waals surface area contributed by atoms with Crippen LogP contribution in [-0.4, -0.2) is 36.8 Å². The number of ether oxygens (including phenoxy) is 1. The summed E-state index contributed by atoms with van der Waals surface area (Å²) in [4.78, 5) is 0. The van der Waals surface area contributed by atoms with Crippen LogP contribution >= 0.6 is 0 Å². The van der Waals surface area contributed by atoms with Crippen LogP contribution < -0.4 is 11.1 Å². The van der Waals surface area contributed by atoms with Crippen LogP contribution in [-0.2, 0) is 4.74 Å². The molecule has 0 radical (unpaired) electrons. The number of hydrogen-bond donors (Lipinski definition) is 3. The Morgan fingerprint density at radius 2 is 2.36 bits per heavy atom. The number of nitrogens with two attached hydrogens (primary N) is 1. The summed E-state index contributed by atoms with van der Waals surface area (Å²) in [5, 5.41) is 14.3. The molecule has 0 aromatic heterocycles. The maximum atomic E-state index is 8.36. The molecule has 0 heterocycles. The van der Waals surface area contributed by atoms with E-state index in [1.807, 2.05) is 13.8 Å². The standard InChI is InChI=1S/C9H19N3O2/c1-7(2)6-14-5-4-11-8(3)9(10)12-13/h8,11,13H,1,4-6H2,2-3H3,(H2,10,12). The van der Waals surface area contributed by atoms with Crippen molar-refractivity contribution in [2.45, 2.75) is 19.9 Å². The van der Waals surface area contributed by atoms with Gasteiger partial charge in [-0.15, -0.1) is 0 Å². The van der Waals surface area contributed by atoms with Gasteiger partial charge >= 0.3 is 0 Å². The number of nitrogens with zero attached hydrogens (tertiary/aromatic N) is 1. The average Bonchev–Trinajstić information content (AvgIpc) is 2.15. The molecule has 0 aliphatic rings. The summed E-state index contributed by atoms with van der Waals surface area (Å²) in [7, 11) is 0. The van der Waals surface area contributed by atoms with Crippen LogP contribution in [0.3, 0.4) is 0 Å². The van der Waals surface area contributed by atoms with Crippen LogP contribution in [0.25, 0.3) is 0 Å². The van der Waals surface area contributed by atoms with Crippen LogP contribution in [0, 0.1) is 0 Å². The Kier molecular flexibility index (Phi) is 6.78. The molecule has 0 saturated carbocycles. The minimum absolute atomic E-state index is 0.145. The van der Waals surface area contributed by atoms with E-state index in [1.165, 1.54) is 0 Å². The second-order valence-electron chi connectivity index (χ2n) is 3.21. The second kappa shape index (κ2) is 7.34. The Hall–Kier alpha value is -1.07. The summed E-state index contributed by atoms with van der Waals surface area (Å²) in [5.74, 6) is 0.171. The summed E-state index contributed by atoms with van der Waals surface area (Å²) < 4.78 is 5.25. The summed E-state index contributed by atoms with van der Waals surface area (Å²) in [6.07, 6.45) is 0. The van der Waals surface area contributed by atoms with Gasteiger partial charge in [-0.05, 0) is 13.8 Å². The van der Waals surface area contributed by atoms with Crippen molar-refractivity contribution in [3.05, 3.63) is 12.2 Å². The van der Waals surface area contributed by atoms with Gasteiger partial charge in [0.25, 0.3) is 0 Å². The summed E-state index contributed by atoms with van der Waals surface area (Å²) in [6.45, 7) is 9.24. The van der Waals surface area contributed by atoms with E-state index < -0.39 is 0 Å². The average molecular weight is 201 g/mol. The van der Waals surface area contributed by atoms with E-state index in [4.69, 9.17) is 15.7 Å². The van der Waals surface area contributed by atoms with Crippen molar-refractivity contribution in [2.75, 3.05) is 19.8 Å². The van der Waals surface area contributed by atoms with Crippen molar-refractivity contribution in [3.63, 3.8) is 0 Å². The molecule has 4 N–H and O–H groups in total. The molecular weight excluding hydrogens is 182 g/mol. The Labute approximate surface area is 84.6 Å². The Morgan fingerprint density at radius 1 is 1.71 bits per heavy atom. The zero-order chi connectivity index (χ0) is 11.0. The van der Waals surface area contributed by atoms with Gasteiger partial charge < -0.3 is 21.0 Å². The van der Waals surface area contributed by atoms with Crippen LogP contribution in [0.1, 0.15) is 13.8 Å². The number of hydrogen-bond acceptors (Lipinski definition) is 4. The predicted molar refractivity (Wildman–Crippen MR) is 56.5 cm³/mol. The van der Waals surface area contributed by atoms with Gasteiger partial charge in [0.15, 0.2) is 5.84 Å². The molecule has 5 heteroatoms. The minimum Gasteiger partial charge on any atom is -0.409 e. The first-order chi connectivity index (χ1) is 6.57. The third kappa shape index (κ3) is 6.45.